The fraction of sp³-hybridized carbons (Fsp3) is 0.417. The Morgan fingerprint density at radius 3 is 3.00 bits per heavy atom. The largest absolute Gasteiger partial charge is 0.329 e. The zero-order valence-electron chi connectivity index (χ0n) is 9.61. The highest BCUT2D eigenvalue weighted by Gasteiger charge is 2.23. The van der Waals surface area contributed by atoms with Gasteiger partial charge in [-0.05, 0) is 25.1 Å². The van der Waals surface area contributed by atoms with Crippen LogP contribution in [0.15, 0.2) is 23.0 Å². The lowest BCUT2D eigenvalue weighted by molar-refractivity contribution is 0.535. The molecule has 1 N–H and O–H groups in total. The monoisotopic (exact) mass is 235 g/mol. The molecule has 0 amide bonds. The van der Waals surface area contributed by atoms with Crippen LogP contribution < -0.4 is 11.0 Å². The van der Waals surface area contributed by atoms with Crippen molar-refractivity contribution in [2.45, 2.75) is 12.5 Å². The molecule has 0 bridgehead atoms. The number of halogens is 1. The minimum atomic E-state index is -0.341. The van der Waals surface area contributed by atoms with Crippen molar-refractivity contribution in [2.24, 2.45) is 7.05 Å². The Balaban J connectivity index is 2.34. The van der Waals surface area contributed by atoms with E-state index in [2.05, 4.69) is 5.32 Å². The van der Waals surface area contributed by atoms with Gasteiger partial charge in [-0.25, -0.2) is 9.18 Å². The summed E-state index contributed by atoms with van der Waals surface area (Å²) in [5.74, 6) is -0.341. The van der Waals surface area contributed by atoms with E-state index in [1.807, 2.05) is 0 Å². The number of hydrogen-bond donors (Lipinski definition) is 1. The Bertz CT molecular complexity index is 622. The molecule has 1 atom stereocenters. The average molecular weight is 235 g/mol. The van der Waals surface area contributed by atoms with E-state index in [0.717, 1.165) is 19.5 Å². The van der Waals surface area contributed by atoms with Gasteiger partial charge in [0.05, 0.1) is 11.6 Å². The molecule has 5 heteroatoms. The maximum atomic E-state index is 13.7. The van der Waals surface area contributed by atoms with E-state index in [1.165, 1.54) is 10.6 Å². The molecular weight excluding hydrogens is 221 g/mol. The molecular formula is C12H14FN3O. The second-order valence-electron chi connectivity index (χ2n) is 4.47. The first-order chi connectivity index (χ1) is 8.20. The molecule has 1 aliphatic rings. The van der Waals surface area contributed by atoms with Gasteiger partial charge in [0.15, 0.2) is 0 Å². The summed E-state index contributed by atoms with van der Waals surface area (Å²) in [6, 6.07) is 4.97. The number of fused-ring (bicyclic) bond motifs is 1. The number of nitrogens with one attached hydrogen (secondary N) is 1. The molecule has 1 fully saturated rings. The van der Waals surface area contributed by atoms with E-state index in [0.29, 0.717) is 11.0 Å². The van der Waals surface area contributed by atoms with Crippen LogP contribution in [-0.4, -0.2) is 22.2 Å². The van der Waals surface area contributed by atoms with Crippen molar-refractivity contribution in [3.8, 4) is 0 Å². The smallest absolute Gasteiger partial charge is 0.315 e. The lowest BCUT2D eigenvalue weighted by atomic mass is 10.2. The molecule has 1 aliphatic heterocycles. The number of rotatable bonds is 1. The molecule has 17 heavy (non-hydrogen) atoms. The summed E-state index contributed by atoms with van der Waals surface area (Å²) in [4.78, 5) is 12.2. The normalized spacial score (nSPS) is 20.2. The van der Waals surface area contributed by atoms with Crippen LogP contribution in [-0.2, 0) is 7.05 Å². The molecule has 2 aromatic rings. The summed E-state index contributed by atoms with van der Waals surface area (Å²) in [5.41, 5.74) is 0.939. The standard InChI is InChI=1S/C12H14FN3O/c1-15-11-9(13)3-2-4-10(11)16(12(15)17)8-5-6-14-7-8/h2-4,8,14H,5-7H2,1H3. The van der Waals surface area contributed by atoms with Gasteiger partial charge in [0.1, 0.15) is 11.3 Å². The van der Waals surface area contributed by atoms with Gasteiger partial charge in [0.2, 0.25) is 0 Å². The first-order valence-corrected chi connectivity index (χ1v) is 5.76. The van der Waals surface area contributed by atoms with Gasteiger partial charge in [-0.3, -0.25) is 9.13 Å². The maximum Gasteiger partial charge on any atom is 0.329 e. The van der Waals surface area contributed by atoms with Crippen LogP contribution in [0.1, 0.15) is 12.5 Å². The van der Waals surface area contributed by atoms with E-state index in [4.69, 9.17) is 0 Å². The third-order valence-corrected chi connectivity index (χ3v) is 3.45. The Labute approximate surface area is 97.7 Å². The maximum absolute atomic E-state index is 13.7. The number of nitrogens with zero attached hydrogens (tertiary/aromatic N) is 2. The van der Waals surface area contributed by atoms with Crippen molar-refractivity contribution in [3.63, 3.8) is 0 Å². The summed E-state index contributed by atoms with van der Waals surface area (Å²) < 4.78 is 16.8. The van der Waals surface area contributed by atoms with Gasteiger partial charge in [0.25, 0.3) is 0 Å². The molecule has 0 aliphatic carbocycles. The van der Waals surface area contributed by atoms with Gasteiger partial charge in [0, 0.05) is 13.6 Å². The molecule has 1 unspecified atom stereocenters. The molecule has 0 spiro atoms. The van der Waals surface area contributed by atoms with Crippen LogP contribution in [0.3, 0.4) is 0 Å². The molecule has 3 rings (SSSR count). The SMILES string of the molecule is Cn1c(=O)n(C2CCNC2)c2cccc(F)c21. The number of aromatic nitrogens is 2. The highest BCUT2D eigenvalue weighted by Crippen LogP contribution is 2.22. The van der Waals surface area contributed by atoms with Crippen molar-refractivity contribution < 1.29 is 4.39 Å². The summed E-state index contributed by atoms with van der Waals surface area (Å²) in [7, 11) is 1.62. The van der Waals surface area contributed by atoms with Crippen molar-refractivity contribution in [3.05, 3.63) is 34.5 Å². The Morgan fingerprint density at radius 1 is 1.47 bits per heavy atom. The lowest BCUT2D eigenvalue weighted by Crippen LogP contribution is -2.27. The number of para-hydroxylation sites is 1. The molecule has 90 valence electrons. The van der Waals surface area contributed by atoms with Crippen molar-refractivity contribution >= 4 is 11.0 Å². The van der Waals surface area contributed by atoms with Crippen molar-refractivity contribution in [2.75, 3.05) is 13.1 Å². The summed E-state index contributed by atoms with van der Waals surface area (Å²) >= 11 is 0. The van der Waals surface area contributed by atoms with E-state index < -0.39 is 0 Å². The van der Waals surface area contributed by atoms with E-state index >= 15 is 0 Å². The zero-order valence-corrected chi connectivity index (χ0v) is 9.61. The van der Waals surface area contributed by atoms with Crippen LogP contribution in [0.25, 0.3) is 11.0 Å². The van der Waals surface area contributed by atoms with Gasteiger partial charge in [-0.1, -0.05) is 6.07 Å². The fourth-order valence-electron chi connectivity index (χ4n) is 2.60. The van der Waals surface area contributed by atoms with Gasteiger partial charge < -0.3 is 5.32 Å². The number of benzene rings is 1. The van der Waals surface area contributed by atoms with Crippen LogP contribution in [0, 0.1) is 5.82 Å². The minimum Gasteiger partial charge on any atom is -0.315 e. The Hall–Kier alpha value is -1.62. The molecule has 1 saturated heterocycles. The first kappa shape index (κ1) is 10.5. The summed E-state index contributed by atoms with van der Waals surface area (Å²) in [6.45, 7) is 1.68. The quantitative estimate of drug-likeness (QED) is 0.801. The Kier molecular flexibility index (Phi) is 2.29. The van der Waals surface area contributed by atoms with Crippen LogP contribution in [0.4, 0.5) is 4.39 Å². The van der Waals surface area contributed by atoms with Crippen molar-refractivity contribution in [1.82, 2.24) is 14.5 Å². The topological polar surface area (TPSA) is 39.0 Å². The van der Waals surface area contributed by atoms with Gasteiger partial charge in [-0.2, -0.15) is 0 Å². The van der Waals surface area contributed by atoms with Crippen molar-refractivity contribution in [1.29, 1.82) is 0 Å². The third kappa shape index (κ3) is 1.42. The van der Waals surface area contributed by atoms with Crippen LogP contribution in [0.5, 0.6) is 0 Å². The summed E-state index contributed by atoms with van der Waals surface area (Å²) in [5, 5.41) is 3.22. The van der Waals surface area contributed by atoms with Gasteiger partial charge in [-0.15, -0.1) is 0 Å². The lowest BCUT2D eigenvalue weighted by Gasteiger charge is -2.10. The third-order valence-electron chi connectivity index (χ3n) is 3.45. The highest BCUT2D eigenvalue weighted by atomic mass is 19.1. The number of aryl methyl sites for hydroxylation is 1. The van der Waals surface area contributed by atoms with E-state index in [-0.39, 0.29) is 17.5 Å². The molecule has 2 heterocycles. The molecule has 1 aromatic carbocycles. The molecule has 4 nitrogen and oxygen atoms in total. The second kappa shape index (κ2) is 3.70. The molecule has 0 radical (unpaired) electrons. The van der Waals surface area contributed by atoms with Crippen LogP contribution >= 0.6 is 0 Å². The molecule has 1 aromatic heterocycles. The number of imidazole rings is 1. The summed E-state index contributed by atoms with van der Waals surface area (Å²) in [6.07, 6.45) is 0.912. The van der Waals surface area contributed by atoms with E-state index in [1.54, 1.807) is 23.7 Å². The second-order valence-corrected chi connectivity index (χ2v) is 4.47. The highest BCUT2D eigenvalue weighted by molar-refractivity contribution is 5.76. The van der Waals surface area contributed by atoms with E-state index in [9.17, 15) is 9.18 Å². The minimum absolute atomic E-state index is 0.132. The average Bonchev–Trinajstić information content (AvgIpc) is 2.89. The first-order valence-electron chi connectivity index (χ1n) is 5.76. The van der Waals surface area contributed by atoms with Gasteiger partial charge >= 0.3 is 5.69 Å². The number of hydrogen-bond acceptors (Lipinski definition) is 2. The predicted molar refractivity (Wildman–Crippen MR) is 63.7 cm³/mol. The Morgan fingerprint density at radius 2 is 2.29 bits per heavy atom. The fourth-order valence-corrected chi connectivity index (χ4v) is 2.60. The zero-order chi connectivity index (χ0) is 12.0. The predicted octanol–water partition coefficient (Wildman–Crippen LogP) is 1.01. The molecule has 0 saturated carbocycles. The van der Waals surface area contributed by atoms with Crippen LogP contribution in [0.2, 0.25) is 0 Å².